The first-order chi connectivity index (χ1) is 20.6. The van der Waals surface area contributed by atoms with Crippen molar-refractivity contribution in [3.05, 3.63) is 0 Å². The third-order valence-corrected chi connectivity index (χ3v) is 9.99. The molecule has 0 amide bonds. The van der Waals surface area contributed by atoms with Gasteiger partial charge in [0.2, 0.25) is 5.79 Å². The maximum absolute atomic E-state index is 13.8. The lowest BCUT2D eigenvalue weighted by Crippen LogP contribution is -2.61. The van der Waals surface area contributed by atoms with Crippen LogP contribution >= 0.6 is 0 Å². The van der Waals surface area contributed by atoms with E-state index in [0.717, 1.165) is 0 Å². The van der Waals surface area contributed by atoms with E-state index in [9.17, 15) is 30.6 Å². The molecule has 10 heteroatoms. The third kappa shape index (κ3) is 11.9. The molecule has 0 bridgehead atoms. The van der Waals surface area contributed by atoms with E-state index in [1.165, 1.54) is 6.92 Å². The van der Waals surface area contributed by atoms with Crippen LogP contribution in [-0.2, 0) is 24.1 Å². The van der Waals surface area contributed by atoms with Crippen LogP contribution in [0.4, 0.5) is 0 Å². The number of aliphatic hydroxyl groups is 5. The predicted molar refractivity (Wildman–Crippen MR) is 180 cm³/mol. The van der Waals surface area contributed by atoms with Gasteiger partial charge in [0, 0.05) is 0 Å². The highest BCUT2D eigenvalue weighted by Crippen LogP contribution is 2.42. The average Bonchev–Trinajstić information content (AvgIpc) is 2.95. The Morgan fingerprint density at radius 1 is 0.652 bits per heavy atom. The van der Waals surface area contributed by atoms with Crippen molar-refractivity contribution in [3.63, 3.8) is 0 Å². The van der Waals surface area contributed by atoms with Gasteiger partial charge in [-0.15, -0.1) is 0 Å². The summed E-state index contributed by atoms with van der Waals surface area (Å²) >= 11 is 0. The molecule has 0 spiro atoms. The summed E-state index contributed by atoms with van der Waals surface area (Å²) < 4.78 is 25.8. The summed E-state index contributed by atoms with van der Waals surface area (Å²) in [4.78, 5) is 0. The molecule has 0 fully saturated rings. The fraction of sp³-hybridized carbons (Fsp3) is 1.00. The van der Waals surface area contributed by atoms with E-state index in [4.69, 9.17) is 18.9 Å². The van der Waals surface area contributed by atoms with Gasteiger partial charge in [-0.25, -0.2) is 0 Å². The van der Waals surface area contributed by atoms with Crippen molar-refractivity contribution in [2.24, 2.45) is 16.7 Å². The summed E-state index contributed by atoms with van der Waals surface area (Å²) in [5.41, 5.74) is -6.05. The van der Waals surface area contributed by atoms with E-state index in [0.29, 0.717) is 6.42 Å². The zero-order valence-corrected chi connectivity index (χ0v) is 32.2. The number of hydrogen-bond donors (Lipinski definition) is 5. The molecule has 9 atom stereocenters. The highest BCUT2D eigenvalue weighted by atomic mass is 16.9. The summed E-state index contributed by atoms with van der Waals surface area (Å²) in [5, 5.41) is 71.4. The Balaban J connectivity index is 7.43. The van der Waals surface area contributed by atoms with Crippen molar-refractivity contribution in [1.82, 2.24) is 0 Å². The molecule has 10 nitrogen and oxygen atoms in total. The van der Waals surface area contributed by atoms with Gasteiger partial charge in [-0.05, 0) is 69.6 Å². The first-order valence-electron chi connectivity index (χ1n) is 17.5. The van der Waals surface area contributed by atoms with E-state index in [1.54, 1.807) is 41.5 Å². The van der Waals surface area contributed by atoms with E-state index in [2.05, 4.69) is 0 Å². The Kier molecular flexibility index (Phi) is 16.9. The van der Waals surface area contributed by atoms with Crippen LogP contribution in [0.25, 0.3) is 0 Å². The number of ether oxygens (including phenoxy) is 4. The highest BCUT2D eigenvalue weighted by molar-refractivity contribution is 4.96. The Bertz CT molecular complexity index is 873. The minimum absolute atomic E-state index is 0.0749. The molecule has 46 heavy (non-hydrogen) atoms. The molecule has 1 radical (unpaired) electrons. The lowest BCUT2D eigenvalue weighted by molar-refractivity contribution is -0.441. The first-order valence-corrected chi connectivity index (χ1v) is 17.5. The fourth-order valence-electron chi connectivity index (χ4n) is 5.55. The van der Waals surface area contributed by atoms with Gasteiger partial charge in [-0.2, -0.15) is 5.11 Å². The molecule has 0 saturated heterocycles. The van der Waals surface area contributed by atoms with Gasteiger partial charge in [-0.3, -0.25) is 0 Å². The standard InChI is InChI=1S/C36H73O10/c1-17-26(29(38)31(12,13)14)45-36(43-23-32(15,39)24(6)7,44-25(8)28(37)30(9,10)11)22-34(41,19-3)27(18-2)46-33(16,40)35(42,20-4)21-5/h24-29,37-39,41-42H,17-23H2,1-16H3. The SMILES string of the molecule is CCC(OC(CC(O)(CC)C(CC)OC(C)([O])C(O)(CC)CC)(OCC(C)(O)C(C)C)OC(C)C(O)C(C)(C)C)C(O)C(C)(C)C. The van der Waals surface area contributed by atoms with E-state index in [-0.39, 0.29) is 38.2 Å². The topological polar surface area (TPSA) is 158 Å². The van der Waals surface area contributed by atoms with Crippen molar-refractivity contribution in [3.8, 4) is 0 Å². The molecule has 277 valence electrons. The molecule has 0 rings (SSSR count). The normalized spacial score (nSPS) is 22.2. The summed E-state index contributed by atoms with van der Waals surface area (Å²) in [6.45, 7) is 28.0. The number of rotatable bonds is 21. The third-order valence-electron chi connectivity index (χ3n) is 9.99. The van der Waals surface area contributed by atoms with Crippen LogP contribution < -0.4 is 0 Å². The van der Waals surface area contributed by atoms with Crippen LogP contribution in [-0.4, -0.2) is 91.2 Å². The number of aliphatic hydroxyl groups excluding tert-OH is 2. The molecule has 0 saturated carbocycles. The molecule has 0 heterocycles. The van der Waals surface area contributed by atoms with E-state index in [1.807, 2.05) is 62.3 Å². The second kappa shape index (κ2) is 17.0. The quantitative estimate of drug-likeness (QED) is 0.0914. The summed E-state index contributed by atoms with van der Waals surface area (Å²) in [5.74, 6) is -4.62. The van der Waals surface area contributed by atoms with Gasteiger partial charge in [-0.1, -0.05) is 90.0 Å². The largest absolute Gasteiger partial charge is 0.390 e. The first kappa shape index (κ1) is 45.6. The van der Waals surface area contributed by atoms with Gasteiger partial charge >= 0.3 is 0 Å². The smallest absolute Gasteiger partial charge is 0.286 e. The highest BCUT2D eigenvalue weighted by Gasteiger charge is 2.55. The molecule has 0 aliphatic heterocycles. The molecule has 0 aromatic carbocycles. The Labute approximate surface area is 281 Å². The van der Waals surface area contributed by atoms with Crippen LogP contribution in [0.15, 0.2) is 0 Å². The van der Waals surface area contributed by atoms with Gasteiger partial charge in [0.1, 0.15) is 5.60 Å². The zero-order chi connectivity index (χ0) is 36.7. The van der Waals surface area contributed by atoms with Crippen molar-refractivity contribution in [2.45, 2.75) is 208 Å². The molecule has 0 aliphatic rings. The van der Waals surface area contributed by atoms with Crippen LogP contribution in [0.2, 0.25) is 0 Å². The zero-order valence-electron chi connectivity index (χ0n) is 32.2. The summed E-state index contributed by atoms with van der Waals surface area (Å²) in [6.07, 6.45) is -4.30. The molecule has 0 aromatic rings. The van der Waals surface area contributed by atoms with E-state index < -0.39 is 76.3 Å². The summed E-state index contributed by atoms with van der Waals surface area (Å²) in [7, 11) is 0. The second-order valence-corrected chi connectivity index (χ2v) is 16.3. The molecule has 5 N–H and O–H groups in total. The maximum Gasteiger partial charge on any atom is 0.286 e. The molecule has 0 aromatic heterocycles. The Morgan fingerprint density at radius 3 is 1.48 bits per heavy atom. The fourth-order valence-corrected chi connectivity index (χ4v) is 5.55. The molecule has 9 unspecified atom stereocenters. The monoisotopic (exact) mass is 666 g/mol. The Morgan fingerprint density at radius 2 is 1.13 bits per heavy atom. The molecular weight excluding hydrogens is 592 g/mol. The lowest BCUT2D eigenvalue weighted by Gasteiger charge is -2.49. The average molecular weight is 666 g/mol. The second-order valence-electron chi connectivity index (χ2n) is 16.3. The van der Waals surface area contributed by atoms with E-state index >= 15 is 0 Å². The minimum Gasteiger partial charge on any atom is -0.390 e. The van der Waals surface area contributed by atoms with Crippen molar-refractivity contribution in [1.29, 1.82) is 0 Å². The minimum atomic E-state index is -2.27. The van der Waals surface area contributed by atoms with Crippen LogP contribution in [0.3, 0.4) is 0 Å². The van der Waals surface area contributed by atoms with Crippen molar-refractivity contribution < 1.29 is 49.6 Å². The van der Waals surface area contributed by atoms with Crippen molar-refractivity contribution >= 4 is 0 Å². The molecule has 0 aliphatic carbocycles. The molecular formula is C36H73O10. The van der Waals surface area contributed by atoms with Gasteiger partial charge in [0.25, 0.3) is 5.97 Å². The van der Waals surface area contributed by atoms with Gasteiger partial charge in [0.15, 0.2) is 0 Å². The summed E-state index contributed by atoms with van der Waals surface area (Å²) in [6, 6.07) is 0. The predicted octanol–water partition coefficient (Wildman–Crippen LogP) is 6.10. The van der Waals surface area contributed by atoms with Gasteiger partial charge in [0.05, 0.1) is 54.7 Å². The van der Waals surface area contributed by atoms with Crippen LogP contribution in [0, 0.1) is 16.7 Å². The number of hydrogen-bond acceptors (Lipinski definition) is 9. The van der Waals surface area contributed by atoms with Gasteiger partial charge < -0.3 is 44.5 Å². The van der Waals surface area contributed by atoms with Crippen molar-refractivity contribution in [2.75, 3.05) is 6.61 Å². The van der Waals surface area contributed by atoms with Crippen LogP contribution in [0.1, 0.15) is 149 Å². The van der Waals surface area contributed by atoms with Crippen LogP contribution in [0.5, 0.6) is 0 Å². The Hall–Kier alpha value is -0.400. The maximum atomic E-state index is 13.8. The lowest BCUT2D eigenvalue weighted by atomic mass is 9.83.